The summed E-state index contributed by atoms with van der Waals surface area (Å²) in [6.45, 7) is 7.34. The van der Waals surface area contributed by atoms with Gasteiger partial charge in [0, 0.05) is 12.5 Å². The second-order valence-electron chi connectivity index (χ2n) is 6.10. The zero-order valence-electron chi connectivity index (χ0n) is 13.2. The molecule has 0 radical (unpaired) electrons. The Kier molecular flexibility index (Phi) is 4.75. The largest absolute Gasteiger partial charge is 0.350 e. The van der Waals surface area contributed by atoms with Gasteiger partial charge in [-0.3, -0.25) is 14.8 Å². The average molecular weight is 308 g/mol. The number of aromatic amines is 1. The molecule has 0 bridgehead atoms. The number of likely N-dealkylation sites (tertiary alicyclic amines) is 1. The topological polar surface area (TPSA) is 79.5 Å². The lowest BCUT2D eigenvalue weighted by Crippen LogP contribution is -2.44. The van der Waals surface area contributed by atoms with Crippen molar-refractivity contribution in [2.75, 3.05) is 38.2 Å². The van der Waals surface area contributed by atoms with E-state index in [4.69, 9.17) is 9.47 Å². The number of ether oxygens (including phenoxy) is 2. The van der Waals surface area contributed by atoms with Crippen molar-refractivity contribution < 1.29 is 14.3 Å². The van der Waals surface area contributed by atoms with Crippen molar-refractivity contribution in [3.8, 4) is 0 Å². The summed E-state index contributed by atoms with van der Waals surface area (Å²) in [5.41, 5.74) is 2.49. The van der Waals surface area contributed by atoms with Gasteiger partial charge in [-0.2, -0.15) is 5.10 Å². The zero-order chi connectivity index (χ0) is 15.5. The van der Waals surface area contributed by atoms with Gasteiger partial charge in [-0.25, -0.2) is 0 Å². The number of carbonyl (C=O) groups is 1. The molecular formula is C15H24N4O3. The summed E-state index contributed by atoms with van der Waals surface area (Å²) in [5, 5.41) is 9.93. The van der Waals surface area contributed by atoms with E-state index in [1.165, 1.54) is 0 Å². The smallest absolute Gasteiger partial charge is 0.238 e. The predicted octanol–water partition coefficient (Wildman–Crippen LogP) is 1.05. The molecule has 2 aliphatic heterocycles. The van der Waals surface area contributed by atoms with Crippen LogP contribution in [0.5, 0.6) is 0 Å². The fraction of sp³-hybridized carbons (Fsp3) is 0.733. The molecule has 2 aliphatic rings. The second-order valence-corrected chi connectivity index (χ2v) is 6.10. The van der Waals surface area contributed by atoms with Crippen LogP contribution in [0.25, 0.3) is 0 Å². The minimum atomic E-state index is -0.0933. The van der Waals surface area contributed by atoms with Gasteiger partial charge in [0.2, 0.25) is 5.91 Å². The number of amides is 1. The van der Waals surface area contributed by atoms with Crippen LogP contribution in [0.15, 0.2) is 0 Å². The van der Waals surface area contributed by atoms with Crippen molar-refractivity contribution in [2.24, 2.45) is 5.92 Å². The Bertz CT molecular complexity index is 505. The average Bonchev–Trinajstić information content (AvgIpc) is 3.13. The van der Waals surface area contributed by atoms with Crippen molar-refractivity contribution in [3.63, 3.8) is 0 Å². The maximum atomic E-state index is 12.3. The highest BCUT2D eigenvalue weighted by molar-refractivity contribution is 5.93. The van der Waals surface area contributed by atoms with E-state index in [0.717, 1.165) is 43.0 Å². The molecule has 2 fully saturated rings. The van der Waals surface area contributed by atoms with Gasteiger partial charge in [-0.15, -0.1) is 0 Å². The SMILES string of the molecule is Cc1n[nH]c(C)c1NC(=O)CN1CCCC(C2OCCO2)C1. The monoisotopic (exact) mass is 308 g/mol. The Balaban J connectivity index is 1.52. The molecule has 0 spiro atoms. The summed E-state index contributed by atoms with van der Waals surface area (Å²) >= 11 is 0. The number of anilines is 1. The van der Waals surface area contributed by atoms with Crippen LogP contribution < -0.4 is 5.32 Å². The zero-order valence-corrected chi connectivity index (χ0v) is 13.2. The van der Waals surface area contributed by atoms with E-state index in [1.807, 2.05) is 13.8 Å². The van der Waals surface area contributed by atoms with E-state index in [-0.39, 0.29) is 12.2 Å². The minimum absolute atomic E-state index is 0.00140. The molecule has 2 N–H and O–H groups in total. The maximum Gasteiger partial charge on any atom is 0.238 e. The van der Waals surface area contributed by atoms with Crippen molar-refractivity contribution in [2.45, 2.75) is 33.0 Å². The Labute approximate surface area is 130 Å². The summed E-state index contributed by atoms with van der Waals surface area (Å²) < 4.78 is 11.2. The molecular weight excluding hydrogens is 284 g/mol. The van der Waals surface area contributed by atoms with Crippen LogP contribution >= 0.6 is 0 Å². The lowest BCUT2D eigenvalue weighted by molar-refractivity contribution is -0.121. The van der Waals surface area contributed by atoms with Gasteiger partial charge in [0.15, 0.2) is 6.29 Å². The van der Waals surface area contributed by atoms with Crippen molar-refractivity contribution in [1.82, 2.24) is 15.1 Å². The second kappa shape index (κ2) is 6.76. The van der Waals surface area contributed by atoms with Gasteiger partial charge in [0.1, 0.15) is 0 Å². The molecule has 7 heteroatoms. The number of hydrogen-bond acceptors (Lipinski definition) is 5. The number of rotatable bonds is 4. The van der Waals surface area contributed by atoms with E-state index in [9.17, 15) is 4.79 Å². The number of piperidine rings is 1. The molecule has 1 aromatic rings. The number of H-pyrrole nitrogens is 1. The first-order valence-electron chi connectivity index (χ1n) is 7.90. The number of hydrogen-bond donors (Lipinski definition) is 2. The fourth-order valence-corrected chi connectivity index (χ4v) is 3.22. The Morgan fingerprint density at radius 2 is 2.18 bits per heavy atom. The molecule has 1 amide bonds. The Morgan fingerprint density at radius 3 is 2.86 bits per heavy atom. The number of nitrogens with zero attached hydrogens (tertiary/aromatic N) is 2. The van der Waals surface area contributed by atoms with Crippen molar-refractivity contribution in [3.05, 3.63) is 11.4 Å². The first kappa shape index (κ1) is 15.5. The third-order valence-corrected chi connectivity index (χ3v) is 4.33. The molecule has 0 aliphatic carbocycles. The minimum Gasteiger partial charge on any atom is -0.350 e. The highest BCUT2D eigenvalue weighted by Crippen LogP contribution is 2.25. The molecule has 1 unspecified atom stereocenters. The summed E-state index contributed by atoms with van der Waals surface area (Å²) in [6.07, 6.45) is 2.08. The van der Waals surface area contributed by atoms with Gasteiger partial charge >= 0.3 is 0 Å². The van der Waals surface area contributed by atoms with E-state index in [2.05, 4.69) is 20.4 Å². The van der Waals surface area contributed by atoms with Crippen LogP contribution in [0.2, 0.25) is 0 Å². The molecule has 1 atom stereocenters. The molecule has 7 nitrogen and oxygen atoms in total. The summed E-state index contributed by atoms with van der Waals surface area (Å²) in [5.74, 6) is 0.364. The van der Waals surface area contributed by atoms with Crippen molar-refractivity contribution in [1.29, 1.82) is 0 Å². The van der Waals surface area contributed by atoms with Crippen LogP contribution in [0.1, 0.15) is 24.2 Å². The molecule has 122 valence electrons. The van der Waals surface area contributed by atoms with E-state index in [0.29, 0.717) is 25.7 Å². The van der Waals surface area contributed by atoms with E-state index in [1.54, 1.807) is 0 Å². The van der Waals surface area contributed by atoms with Gasteiger partial charge in [0.05, 0.1) is 36.8 Å². The number of aromatic nitrogens is 2. The third-order valence-electron chi connectivity index (χ3n) is 4.33. The number of aryl methyl sites for hydroxylation is 2. The van der Waals surface area contributed by atoms with Crippen LogP contribution in [0.4, 0.5) is 5.69 Å². The molecule has 2 saturated heterocycles. The lowest BCUT2D eigenvalue weighted by atomic mass is 9.97. The standard InChI is InChI=1S/C15H24N4O3/c1-10-14(11(2)18-17-10)16-13(20)9-19-5-3-4-12(8-19)15-21-6-7-22-15/h12,15H,3-9H2,1-2H3,(H,16,20)(H,17,18). The van der Waals surface area contributed by atoms with Gasteiger partial charge in [-0.05, 0) is 33.2 Å². The van der Waals surface area contributed by atoms with Crippen LogP contribution in [-0.2, 0) is 14.3 Å². The summed E-state index contributed by atoms with van der Waals surface area (Å²) in [7, 11) is 0. The van der Waals surface area contributed by atoms with Crippen LogP contribution in [0, 0.1) is 19.8 Å². The summed E-state index contributed by atoms with van der Waals surface area (Å²) in [6, 6.07) is 0. The van der Waals surface area contributed by atoms with Gasteiger partial charge < -0.3 is 14.8 Å². The molecule has 3 heterocycles. The number of carbonyl (C=O) groups excluding carboxylic acids is 1. The van der Waals surface area contributed by atoms with E-state index >= 15 is 0 Å². The molecule has 0 saturated carbocycles. The Morgan fingerprint density at radius 1 is 1.41 bits per heavy atom. The lowest BCUT2D eigenvalue weighted by Gasteiger charge is -2.34. The highest BCUT2D eigenvalue weighted by atomic mass is 16.7. The molecule has 3 rings (SSSR count). The van der Waals surface area contributed by atoms with Crippen molar-refractivity contribution >= 4 is 11.6 Å². The van der Waals surface area contributed by atoms with Crippen LogP contribution in [0.3, 0.4) is 0 Å². The number of nitrogens with one attached hydrogen (secondary N) is 2. The van der Waals surface area contributed by atoms with Gasteiger partial charge in [0.25, 0.3) is 0 Å². The van der Waals surface area contributed by atoms with E-state index < -0.39 is 0 Å². The normalized spacial score (nSPS) is 23.8. The maximum absolute atomic E-state index is 12.3. The molecule has 0 aromatic carbocycles. The quantitative estimate of drug-likeness (QED) is 0.869. The molecule has 1 aromatic heterocycles. The summed E-state index contributed by atoms with van der Waals surface area (Å²) in [4.78, 5) is 14.4. The fourth-order valence-electron chi connectivity index (χ4n) is 3.22. The van der Waals surface area contributed by atoms with Crippen LogP contribution in [-0.4, -0.2) is 60.1 Å². The highest BCUT2D eigenvalue weighted by Gasteiger charge is 2.31. The first-order valence-corrected chi connectivity index (χ1v) is 7.90. The third kappa shape index (κ3) is 3.48. The van der Waals surface area contributed by atoms with Gasteiger partial charge in [-0.1, -0.05) is 0 Å². The predicted molar refractivity (Wildman–Crippen MR) is 81.5 cm³/mol. The Hall–Kier alpha value is -1.44. The molecule has 22 heavy (non-hydrogen) atoms. The first-order chi connectivity index (χ1) is 10.6.